The first-order chi connectivity index (χ1) is 8.65. The Morgan fingerprint density at radius 1 is 1.33 bits per heavy atom. The van der Waals surface area contributed by atoms with Gasteiger partial charge in [0.2, 0.25) is 5.91 Å². The van der Waals surface area contributed by atoms with Gasteiger partial charge in [0.15, 0.2) is 0 Å². The Labute approximate surface area is 106 Å². The number of hydrogen-bond donors (Lipinski definition) is 2. The Morgan fingerprint density at radius 2 is 2.00 bits per heavy atom. The lowest BCUT2D eigenvalue weighted by Gasteiger charge is -2.06. The first-order valence-electron chi connectivity index (χ1n) is 5.53. The van der Waals surface area contributed by atoms with Crippen LogP contribution in [0.2, 0.25) is 0 Å². The number of rotatable bonds is 6. The molecule has 96 valence electrons. The molecule has 1 aromatic carbocycles. The number of amides is 1. The van der Waals surface area contributed by atoms with Crippen LogP contribution in [0.15, 0.2) is 36.9 Å². The third kappa shape index (κ3) is 4.80. The summed E-state index contributed by atoms with van der Waals surface area (Å²) < 4.78 is 4.70. The third-order valence-corrected chi connectivity index (χ3v) is 2.21. The van der Waals surface area contributed by atoms with E-state index in [4.69, 9.17) is 10.5 Å². The average Bonchev–Trinajstić information content (AvgIpc) is 2.39. The predicted octanol–water partition coefficient (Wildman–Crippen LogP) is 1.20. The second-order valence-electron chi connectivity index (χ2n) is 3.57. The van der Waals surface area contributed by atoms with Gasteiger partial charge >= 0.3 is 5.97 Å². The fourth-order valence-electron chi connectivity index (χ4n) is 1.25. The topological polar surface area (TPSA) is 81.4 Å². The molecular formula is C13H16N2O3. The monoisotopic (exact) mass is 248 g/mol. The summed E-state index contributed by atoms with van der Waals surface area (Å²) in [4.78, 5) is 22.2. The molecule has 0 aliphatic rings. The molecule has 0 fully saturated rings. The highest BCUT2D eigenvalue weighted by Crippen LogP contribution is 2.09. The molecule has 18 heavy (non-hydrogen) atoms. The fourth-order valence-corrected chi connectivity index (χ4v) is 1.25. The SMILES string of the molecule is C=CC(=O)OCCC(=O)Nc1ccc(CN)cc1. The molecule has 1 aromatic rings. The Kier molecular flexibility index (Phi) is 5.60. The summed E-state index contributed by atoms with van der Waals surface area (Å²) in [5, 5.41) is 2.69. The molecule has 0 spiro atoms. The van der Waals surface area contributed by atoms with Gasteiger partial charge in [-0.3, -0.25) is 4.79 Å². The van der Waals surface area contributed by atoms with Crippen molar-refractivity contribution in [3.05, 3.63) is 42.5 Å². The Bertz CT molecular complexity index is 426. The molecule has 5 nitrogen and oxygen atoms in total. The molecule has 3 N–H and O–H groups in total. The minimum atomic E-state index is -0.532. The van der Waals surface area contributed by atoms with Crippen LogP contribution in [0.4, 0.5) is 5.69 Å². The van der Waals surface area contributed by atoms with Crippen LogP contribution in [-0.2, 0) is 20.9 Å². The van der Waals surface area contributed by atoms with Gasteiger partial charge in [-0.05, 0) is 17.7 Å². The van der Waals surface area contributed by atoms with Gasteiger partial charge in [-0.2, -0.15) is 0 Å². The molecule has 0 aliphatic carbocycles. The highest BCUT2D eigenvalue weighted by Gasteiger charge is 2.04. The van der Waals surface area contributed by atoms with E-state index < -0.39 is 5.97 Å². The van der Waals surface area contributed by atoms with E-state index in [1.54, 1.807) is 12.1 Å². The van der Waals surface area contributed by atoms with Crippen molar-refractivity contribution >= 4 is 17.6 Å². The predicted molar refractivity (Wildman–Crippen MR) is 68.7 cm³/mol. The van der Waals surface area contributed by atoms with Gasteiger partial charge in [-0.15, -0.1) is 0 Å². The normalized spacial score (nSPS) is 9.61. The number of nitrogens with two attached hydrogens (primary N) is 1. The zero-order valence-corrected chi connectivity index (χ0v) is 10.0. The molecule has 0 atom stereocenters. The summed E-state index contributed by atoms with van der Waals surface area (Å²) in [5.74, 6) is -0.748. The molecule has 1 amide bonds. The van der Waals surface area contributed by atoms with E-state index in [9.17, 15) is 9.59 Å². The Hall–Kier alpha value is -2.14. The summed E-state index contributed by atoms with van der Waals surface area (Å²) in [5.41, 5.74) is 7.15. The van der Waals surface area contributed by atoms with Gasteiger partial charge in [0.05, 0.1) is 6.42 Å². The molecule has 0 bridgehead atoms. The Balaban J connectivity index is 2.35. The van der Waals surface area contributed by atoms with Crippen molar-refractivity contribution in [2.24, 2.45) is 5.73 Å². The number of nitrogens with one attached hydrogen (secondary N) is 1. The quantitative estimate of drug-likeness (QED) is 0.585. The molecule has 0 saturated heterocycles. The van der Waals surface area contributed by atoms with Gasteiger partial charge in [-0.25, -0.2) is 4.79 Å². The summed E-state index contributed by atoms with van der Waals surface area (Å²) in [7, 11) is 0. The largest absolute Gasteiger partial charge is 0.462 e. The van der Waals surface area contributed by atoms with Crippen molar-refractivity contribution < 1.29 is 14.3 Å². The molecule has 5 heteroatoms. The van der Waals surface area contributed by atoms with Crippen LogP contribution in [0.5, 0.6) is 0 Å². The van der Waals surface area contributed by atoms with Crippen molar-refractivity contribution in [3.8, 4) is 0 Å². The molecule has 0 radical (unpaired) electrons. The molecule has 0 aromatic heterocycles. The first-order valence-corrected chi connectivity index (χ1v) is 5.53. The molecule has 0 aliphatic heterocycles. The van der Waals surface area contributed by atoms with Crippen LogP contribution in [0.3, 0.4) is 0 Å². The van der Waals surface area contributed by atoms with Crippen LogP contribution in [0, 0.1) is 0 Å². The van der Waals surface area contributed by atoms with Gasteiger partial charge in [0.25, 0.3) is 0 Å². The third-order valence-electron chi connectivity index (χ3n) is 2.21. The maximum Gasteiger partial charge on any atom is 0.330 e. The van der Waals surface area contributed by atoms with E-state index in [-0.39, 0.29) is 18.9 Å². The molecule has 1 rings (SSSR count). The summed E-state index contributed by atoms with van der Waals surface area (Å²) >= 11 is 0. The Morgan fingerprint density at radius 3 is 2.56 bits per heavy atom. The lowest BCUT2D eigenvalue weighted by molar-refractivity contribution is -0.138. The maximum atomic E-state index is 11.5. The second-order valence-corrected chi connectivity index (χ2v) is 3.57. The minimum absolute atomic E-state index is 0.0393. The maximum absolute atomic E-state index is 11.5. The zero-order valence-electron chi connectivity index (χ0n) is 10.0. The van der Waals surface area contributed by atoms with Crippen molar-refractivity contribution in [1.29, 1.82) is 0 Å². The van der Waals surface area contributed by atoms with E-state index in [1.165, 1.54) is 0 Å². The van der Waals surface area contributed by atoms with E-state index >= 15 is 0 Å². The lowest BCUT2D eigenvalue weighted by Crippen LogP contribution is -2.15. The van der Waals surface area contributed by atoms with Gasteiger partial charge in [0.1, 0.15) is 6.61 Å². The second kappa shape index (κ2) is 7.24. The van der Waals surface area contributed by atoms with E-state index in [2.05, 4.69) is 11.9 Å². The molecular weight excluding hydrogens is 232 g/mol. The highest BCUT2D eigenvalue weighted by molar-refractivity contribution is 5.91. The zero-order chi connectivity index (χ0) is 13.4. The number of carbonyl (C=O) groups is 2. The number of benzene rings is 1. The average molecular weight is 248 g/mol. The van der Waals surface area contributed by atoms with Crippen molar-refractivity contribution in [2.75, 3.05) is 11.9 Å². The highest BCUT2D eigenvalue weighted by atomic mass is 16.5. The summed E-state index contributed by atoms with van der Waals surface area (Å²) in [6.45, 7) is 3.76. The van der Waals surface area contributed by atoms with Gasteiger partial charge in [-0.1, -0.05) is 18.7 Å². The smallest absolute Gasteiger partial charge is 0.330 e. The molecule has 0 unspecified atom stereocenters. The van der Waals surface area contributed by atoms with Crippen LogP contribution < -0.4 is 11.1 Å². The number of anilines is 1. The first kappa shape index (κ1) is 13.9. The minimum Gasteiger partial charge on any atom is -0.462 e. The molecule has 0 saturated carbocycles. The lowest BCUT2D eigenvalue weighted by atomic mass is 10.2. The van der Waals surface area contributed by atoms with E-state index in [0.717, 1.165) is 11.6 Å². The fraction of sp³-hybridized carbons (Fsp3) is 0.231. The van der Waals surface area contributed by atoms with E-state index in [0.29, 0.717) is 12.2 Å². The van der Waals surface area contributed by atoms with Crippen molar-refractivity contribution in [1.82, 2.24) is 0 Å². The van der Waals surface area contributed by atoms with Gasteiger partial charge < -0.3 is 15.8 Å². The number of ether oxygens (including phenoxy) is 1. The summed E-state index contributed by atoms with van der Waals surface area (Å²) in [6, 6.07) is 7.23. The standard InChI is InChI=1S/C13H16N2O3/c1-2-13(17)18-8-7-12(16)15-11-5-3-10(9-14)4-6-11/h2-6H,1,7-9,14H2,(H,15,16). The number of esters is 1. The van der Waals surface area contributed by atoms with Crippen LogP contribution in [0.25, 0.3) is 0 Å². The molecule has 0 heterocycles. The van der Waals surface area contributed by atoms with Crippen LogP contribution in [-0.4, -0.2) is 18.5 Å². The van der Waals surface area contributed by atoms with Crippen molar-refractivity contribution in [2.45, 2.75) is 13.0 Å². The summed E-state index contributed by atoms with van der Waals surface area (Å²) in [6.07, 6.45) is 1.17. The van der Waals surface area contributed by atoms with Gasteiger partial charge in [0, 0.05) is 18.3 Å². The number of carbonyl (C=O) groups excluding carboxylic acids is 2. The van der Waals surface area contributed by atoms with Crippen LogP contribution >= 0.6 is 0 Å². The van der Waals surface area contributed by atoms with E-state index in [1.807, 2.05) is 12.1 Å². The van der Waals surface area contributed by atoms with Crippen LogP contribution in [0.1, 0.15) is 12.0 Å². The van der Waals surface area contributed by atoms with Crippen molar-refractivity contribution in [3.63, 3.8) is 0 Å². The number of hydrogen-bond acceptors (Lipinski definition) is 4.